The summed E-state index contributed by atoms with van der Waals surface area (Å²) < 4.78 is 38.8. The van der Waals surface area contributed by atoms with Gasteiger partial charge >= 0.3 is 0 Å². The third kappa shape index (κ3) is 7.09. The van der Waals surface area contributed by atoms with E-state index in [1.165, 1.54) is 6.08 Å². The number of nitrogens with zero attached hydrogens (tertiary/aromatic N) is 2. The van der Waals surface area contributed by atoms with E-state index in [1.807, 2.05) is 12.1 Å². The molecule has 202 valence electrons. The molecule has 0 saturated carbocycles. The summed E-state index contributed by atoms with van der Waals surface area (Å²) in [6, 6.07) is 8.12. The van der Waals surface area contributed by atoms with Crippen LogP contribution in [-0.4, -0.2) is 64.2 Å². The van der Waals surface area contributed by atoms with Gasteiger partial charge in [-0.3, -0.25) is 9.78 Å². The molecule has 38 heavy (non-hydrogen) atoms. The van der Waals surface area contributed by atoms with Crippen LogP contribution in [0.5, 0.6) is 5.88 Å². The first-order chi connectivity index (χ1) is 18.4. The van der Waals surface area contributed by atoms with Crippen molar-refractivity contribution in [1.82, 2.24) is 15.3 Å². The number of benzene rings is 1. The Balaban J connectivity index is 1.40. The summed E-state index contributed by atoms with van der Waals surface area (Å²) in [5.41, 5.74) is 2.50. The number of methoxy groups -OCH3 is 1. The molecule has 0 radical (unpaired) electrons. The second-order valence-electron chi connectivity index (χ2n) is 9.29. The maximum atomic E-state index is 13.9. The van der Waals surface area contributed by atoms with Gasteiger partial charge < -0.3 is 25.0 Å². The lowest BCUT2D eigenvalue weighted by molar-refractivity contribution is -0.124. The van der Waals surface area contributed by atoms with Crippen molar-refractivity contribution >= 4 is 23.0 Å². The van der Waals surface area contributed by atoms with Gasteiger partial charge in [0.1, 0.15) is 11.6 Å². The number of rotatable bonds is 10. The Bertz CT molecular complexity index is 1290. The predicted molar refractivity (Wildman–Crippen MR) is 137 cm³/mol. The van der Waals surface area contributed by atoms with Gasteiger partial charge in [-0.1, -0.05) is 0 Å². The summed E-state index contributed by atoms with van der Waals surface area (Å²) in [6.07, 6.45) is 5.16. The summed E-state index contributed by atoms with van der Waals surface area (Å²) in [6.45, 7) is -0.430. The minimum Gasteiger partial charge on any atom is -0.481 e. The molecule has 3 aromatic rings. The first-order valence-corrected chi connectivity index (χ1v) is 12.5. The van der Waals surface area contributed by atoms with Crippen molar-refractivity contribution in [2.75, 3.05) is 13.7 Å². The van der Waals surface area contributed by atoms with Crippen LogP contribution >= 0.6 is 0 Å². The summed E-state index contributed by atoms with van der Waals surface area (Å²) >= 11 is 0. The Morgan fingerprint density at radius 1 is 1.26 bits per heavy atom. The monoisotopic (exact) mass is 527 g/mol. The van der Waals surface area contributed by atoms with Crippen LogP contribution < -0.4 is 10.1 Å². The fourth-order valence-corrected chi connectivity index (χ4v) is 4.63. The molecular weight excluding hydrogens is 496 g/mol. The number of aliphatic hydroxyl groups excluding tert-OH is 2. The van der Waals surface area contributed by atoms with Crippen LogP contribution in [0.4, 0.5) is 8.78 Å². The Hall–Kier alpha value is -3.47. The molecule has 1 aromatic carbocycles. The number of aliphatic hydroxyl groups is 2. The quantitative estimate of drug-likeness (QED) is 0.347. The minimum atomic E-state index is -1.00. The zero-order chi connectivity index (χ0) is 27.1. The van der Waals surface area contributed by atoms with Gasteiger partial charge in [-0.05, 0) is 67.7 Å². The fraction of sp³-hybridized carbons (Fsp3) is 0.393. The molecular formula is C28H31F2N3O5. The second kappa shape index (κ2) is 12.9. The molecule has 3 N–H and O–H groups in total. The molecule has 10 heteroatoms. The van der Waals surface area contributed by atoms with Crippen molar-refractivity contribution in [3.63, 3.8) is 0 Å². The van der Waals surface area contributed by atoms with Crippen molar-refractivity contribution < 1.29 is 33.3 Å². The van der Waals surface area contributed by atoms with E-state index in [-0.39, 0.29) is 18.1 Å². The number of aryl methyl sites for hydroxylation is 1. The lowest BCUT2D eigenvalue weighted by atomic mass is 9.92. The van der Waals surface area contributed by atoms with Gasteiger partial charge in [-0.25, -0.2) is 13.8 Å². The lowest BCUT2D eigenvalue weighted by Crippen LogP contribution is -2.50. The number of pyridine rings is 2. The Morgan fingerprint density at radius 2 is 2.11 bits per heavy atom. The fourth-order valence-electron chi connectivity index (χ4n) is 4.63. The number of hydrogen-bond acceptors (Lipinski definition) is 7. The van der Waals surface area contributed by atoms with Gasteiger partial charge in [0.15, 0.2) is 0 Å². The Morgan fingerprint density at radius 3 is 2.89 bits per heavy atom. The molecule has 4 atom stereocenters. The average Bonchev–Trinajstić information content (AvgIpc) is 2.93. The van der Waals surface area contributed by atoms with E-state index in [9.17, 15) is 23.8 Å². The van der Waals surface area contributed by atoms with Crippen LogP contribution in [0.25, 0.3) is 17.1 Å². The molecule has 4 rings (SSSR count). The summed E-state index contributed by atoms with van der Waals surface area (Å²) in [5.74, 6) is -1.23. The molecule has 1 saturated heterocycles. The van der Waals surface area contributed by atoms with E-state index in [1.54, 1.807) is 19.4 Å². The lowest BCUT2D eigenvalue weighted by Gasteiger charge is -2.37. The largest absolute Gasteiger partial charge is 0.481 e. The van der Waals surface area contributed by atoms with Gasteiger partial charge in [-0.2, -0.15) is 0 Å². The van der Waals surface area contributed by atoms with E-state index in [2.05, 4.69) is 15.3 Å². The molecule has 8 nitrogen and oxygen atoms in total. The maximum Gasteiger partial charge on any atom is 0.244 e. The number of ether oxygens (including phenoxy) is 2. The Kier molecular flexibility index (Phi) is 9.33. The highest BCUT2D eigenvalue weighted by Gasteiger charge is 2.33. The van der Waals surface area contributed by atoms with E-state index in [4.69, 9.17) is 9.47 Å². The SMILES string of the molecule is COc1ccc2nccc(CC[C@@H]3CC[C@@H](NC(=O)/C=C/c4cc(F)ccc4F)[C@@H](C[C@H](O)CO)O3)c2n1. The molecule has 0 aliphatic carbocycles. The number of halogens is 2. The van der Waals surface area contributed by atoms with Crippen LogP contribution in [0.3, 0.4) is 0 Å². The number of carbonyl (C=O) groups is 1. The highest BCUT2D eigenvalue weighted by molar-refractivity contribution is 5.92. The van der Waals surface area contributed by atoms with Crippen molar-refractivity contribution in [3.8, 4) is 5.88 Å². The zero-order valence-corrected chi connectivity index (χ0v) is 21.0. The minimum absolute atomic E-state index is 0.0388. The van der Waals surface area contributed by atoms with Crippen molar-refractivity contribution in [2.45, 2.75) is 56.5 Å². The van der Waals surface area contributed by atoms with Crippen LogP contribution in [0.2, 0.25) is 0 Å². The summed E-state index contributed by atoms with van der Waals surface area (Å²) in [4.78, 5) is 21.4. The van der Waals surface area contributed by atoms with E-state index < -0.39 is 42.4 Å². The van der Waals surface area contributed by atoms with E-state index in [0.29, 0.717) is 31.6 Å². The number of amides is 1. The molecule has 0 spiro atoms. The number of carbonyl (C=O) groups excluding carboxylic acids is 1. The first kappa shape index (κ1) is 27.6. The molecule has 1 amide bonds. The predicted octanol–water partition coefficient (Wildman–Crippen LogP) is 3.34. The van der Waals surface area contributed by atoms with Gasteiger partial charge in [0.05, 0.1) is 49.1 Å². The molecule has 1 aliphatic rings. The summed E-state index contributed by atoms with van der Waals surface area (Å²) in [7, 11) is 1.56. The van der Waals surface area contributed by atoms with Gasteiger partial charge in [0, 0.05) is 30.3 Å². The molecule has 1 aliphatic heterocycles. The van der Waals surface area contributed by atoms with Crippen LogP contribution in [-0.2, 0) is 16.0 Å². The highest BCUT2D eigenvalue weighted by atomic mass is 19.1. The van der Waals surface area contributed by atoms with Gasteiger partial charge in [0.25, 0.3) is 0 Å². The topological polar surface area (TPSA) is 114 Å². The summed E-state index contributed by atoms with van der Waals surface area (Å²) in [5, 5.41) is 22.3. The zero-order valence-electron chi connectivity index (χ0n) is 21.0. The maximum absolute atomic E-state index is 13.9. The van der Waals surface area contributed by atoms with Crippen molar-refractivity contribution in [3.05, 3.63) is 71.4 Å². The average molecular weight is 528 g/mol. The van der Waals surface area contributed by atoms with E-state index in [0.717, 1.165) is 40.9 Å². The van der Waals surface area contributed by atoms with Crippen molar-refractivity contribution in [1.29, 1.82) is 0 Å². The third-order valence-corrected chi connectivity index (χ3v) is 6.62. The van der Waals surface area contributed by atoms with Crippen LogP contribution in [0.1, 0.15) is 36.8 Å². The van der Waals surface area contributed by atoms with Crippen molar-refractivity contribution in [2.24, 2.45) is 0 Å². The molecule has 0 bridgehead atoms. The highest BCUT2D eigenvalue weighted by Crippen LogP contribution is 2.27. The number of fused-ring (bicyclic) bond motifs is 1. The van der Waals surface area contributed by atoms with Gasteiger partial charge in [0.2, 0.25) is 11.8 Å². The normalized spacial score (nSPS) is 20.5. The Labute approximate surface area is 219 Å². The van der Waals surface area contributed by atoms with Crippen LogP contribution in [0.15, 0.2) is 48.7 Å². The number of nitrogens with one attached hydrogen (secondary N) is 1. The second-order valence-corrected chi connectivity index (χ2v) is 9.29. The third-order valence-electron chi connectivity index (χ3n) is 6.62. The van der Waals surface area contributed by atoms with Crippen LogP contribution in [0, 0.1) is 11.6 Å². The number of hydrogen-bond donors (Lipinski definition) is 3. The first-order valence-electron chi connectivity index (χ1n) is 12.5. The van der Waals surface area contributed by atoms with E-state index >= 15 is 0 Å². The molecule has 3 heterocycles. The molecule has 0 unspecified atom stereocenters. The molecule has 2 aromatic heterocycles. The molecule has 1 fully saturated rings. The number of aromatic nitrogens is 2. The standard InChI is InChI=1S/C28H31F2N3O5/c1-37-27-11-9-24-28(33-27)17(12-13-31-24)2-5-21-6-8-23(25(38-21)15-20(35)16-34)32-26(36)10-3-18-14-19(29)4-7-22(18)30/h3-4,7,9-14,20-21,23,25,34-35H,2,5-6,8,15-16H2,1H3,(H,32,36)/b10-3+/t20-,21+,23+,25+/m0/s1. The van der Waals surface area contributed by atoms with Gasteiger partial charge in [-0.15, -0.1) is 0 Å². The smallest absolute Gasteiger partial charge is 0.244 e.